The summed E-state index contributed by atoms with van der Waals surface area (Å²) in [6.07, 6.45) is 0. The maximum atomic E-state index is 6.81. The third-order valence-corrected chi connectivity index (χ3v) is 11.0. The third kappa shape index (κ3) is 5.12. The molecule has 10 rings (SSSR count). The van der Waals surface area contributed by atoms with Gasteiger partial charge in [-0.05, 0) is 99.6 Å². The average molecular weight is 695 g/mol. The topological polar surface area (TPSA) is 15.7 Å². The lowest BCUT2D eigenvalue weighted by Crippen LogP contribution is -2.20. The van der Waals surface area contributed by atoms with Crippen LogP contribution in [0.25, 0.3) is 33.4 Å². The van der Waals surface area contributed by atoms with Crippen LogP contribution in [-0.2, 0) is 5.41 Å². The van der Waals surface area contributed by atoms with Gasteiger partial charge in [-0.1, -0.05) is 147 Å². The highest BCUT2D eigenvalue weighted by molar-refractivity contribution is 5.94. The van der Waals surface area contributed by atoms with Gasteiger partial charge < -0.3 is 14.5 Å². The molecule has 0 bridgehead atoms. The first-order valence-electron chi connectivity index (χ1n) is 18.6. The van der Waals surface area contributed by atoms with Crippen molar-refractivity contribution in [1.82, 2.24) is 0 Å². The molecule has 0 atom stereocenters. The van der Waals surface area contributed by atoms with Crippen LogP contribution in [0, 0.1) is 0 Å². The van der Waals surface area contributed by atoms with Crippen LogP contribution >= 0.6 is 0 Å². The van der Waals surface area contributed by atoms with Gasteiger partial charge in [-0.25, -0.2) is 0 Å². The number of anilines is 6. The van der Waals surface area contributed by atoms with Crippen molar-refractivity contribution >= 4 is 34.1 Å². The number of nitrogens with zero attached hydrogens (tertiary/aromatic N) is 2. The summed E-state index contributed by atoms with van der Waals surface area (Å²) in [6, 6.07) is 69.4. The van der Waals surface area contributed by atoms with E-state index in [-0.39, 0.29) is 5.41 Å². The second kappa shape index (κ2) is 12.7. The fraction of sp³-hybridized carbons (Fsp3) is 0.0588. The average Bonchev–Trinajstić information content (AvgIpc) is 3.47. The molecule has 0 amide bonds. The fourth-order valence-electron chi connectivity index (χ4n) is 8.54. The summed E-state index contributed by atoms with van der Waals surface area (Å²) < 4.78 is 6.81. The molecule has 3 heteroatoms. The molecule has 1 aliphatic heterocycles. The molecule has 0 fully saturated rings. The second-order valence-corrected chi connectivity index (χ2v) is 14.6. The van der Waals surface area contributed by atoms with Gasteiger partial charge in [0.05, 0.1) is 17.1 Å². The minimum absolute atomic E-state index is 0.191. The van der Waals surface area contributed by atoms with Crippen LogP contribution in [0.15, 0.2) is 194 Å². The summed E-state index contributed by atoms with van der Waals surface area (Å²) in [4.78, 5) is 4.74. The zero-order chi connectivity index (χ0) is 36.2. The zero-order valence-electron chi connectivity index (χ0n) is 30.3. The van der Waals surface area contributed by atoms with E-state index in [1.54, 1.807) is 0 Å². The number of rotatable bonds is 6. The highest BCUT2D eigenvalue weighted by atomic mass is 16.5. The monoisotopic (exact) mass is 694 g/mol. The van der Waals surface area contributed by atoms with Crippen LogP contribution in [0.2, 0.25) is 0 Å². The van der Waals surface area contributed by atoms with Crippen LogP contribution in [0.1, 0.15) is 25.0 Å². The molecule has 3 nitrogen and oxygen atoms in total. The first-order chi connectivity index (χ1) is 26.6. The Hall–Kier alpha value is -6.84. The predicted molar refractivity (Wildman–Crippen MR) is 224 cm³/mol. The smallest absolute Gasteiger partial charge is 0.159 e. The number of hydrogen-bond donors (Lipinski definition) is 0. The Morgan fingerprint density at radius 1 is 0.463 bits per heavy atom. The van der Waals surface area contributed by atoms with E-state index in [0.717, 1.165) is 51.1 Å². The standard InChI is InChI=1S/C51H38N2O/c1-51(2)44-25-10-9-22-42(44)43-24-15-27-46(49(43)51)52(39-32-30-36(31-33-39)35-16-5-3-6-17-35)40-21-13-18-37(34-40)41-23-14-28-47-50(41)54-48-29-12-11-26-45(48)53(47)38-19-7-4-8-20-38/h3-34H,1-2H3. The van der Waals surface area contributed by atoms with E-state index in [1.165, 1.54) is 39.1 Å². The van der Waals surface area contributed by atoms with Crippen molar-refractivity contribution in [2.45, 2.75) is 19.3 Å². The molecule has 0 aromatic heterocycles. The van der Waals surface area contributed by atoms with E-state index in [2.05, 4.69) is 212 Å². The molecule has 54 heavy (non-hydrogen) atoms. The molecule has 8 aromatic carbocycles. The predicted octanol–water partition coefficient (Wildman–Crippen LogP) is 14.4. The quantitative estimate of drug-likeness (QED) is 0.172. The SMILES string of the molecule is CC1(C)c2ccccc2-c2cccc(N(c3ccc(-c4ccccc4)cc3)c3cccc(-c4cccc5c4Oc4ccccc4N5c4ccccc4)c3)c21. The van der Waals surface area contributed by atoms with E-state index < -0.39 is 0 Å². The molecular formula is C51H38N2O. The van der Waals surface area contributed by atoms with Gasteiger partial charge in [-0.15, -0.1) is 0 Å². The van der Waals surface area contributed by atoms with E-state index in [0.29, 0.717) is 0 Å². The Kier molecular flexibility index (Phi) is 7.48. The van der Waals surface area contributed by atoms with Gasteiger partial charge in [0, 0.05) is 28.0 Å². The van der Waals surface area contributed by atoms with Crippen molar-refractivity contribution in [3.05, 3.63) is 205 Å². The van der Waals surface area contributed by atoms with Gasteiger partial charge in [-0.3, -0.25) is 0 Å². The minimum Gasteiger partial charge on any atom is -0.452 e. The van der Waals surface area contributed by atoms with Crippen molar-refractivity contribution < 1.29 is 4.74 Å². The van der Waals surface area contributed by atoms with Crippen molar-refractivity contribution in [3.8, 4) is 44.9 Å². The van der Waals surface area contributed by atoms with E-state index in [4.69, 9.17) is 4.74 Å². The zero-order valence-corrected chi connectivity index (χ0v) is 30.3. The maximum absolute atomic E-state index is 6.81. The lowest BCUT2D eigenvalue weighted by molar-refractivity contribution is 0.479. The number of ether oxygens (including phenoxy) is 1. The van der Waals surface area contributed by atoms with E-state index >= 15 is 0 Å². The maximum Gasteiger partial charge on any atom is 0.159 e. The Morgan fingerprint density at radius 3 is 1.91 bits per heavy atom. The van der Waals surface area contributed by atoms with Gasteiger partial charge in [0.2, 0.25) is 0 Å². The molecule has 0 unspecified atom stereocenters. The molecular weight excluding hydrogens is 657 g/mol. The fourth-order valence-corrected chi connectivity index (χ4v) is 8.54. The molecule has 1 heterocycles. The molecule has 0 N–H and O–H groups in total. The number of para-hydroxylation sites is 4. The van der Waals surface area contributed by atoms with Crippen LogP contribution in [-0.4, -0.2) is 0 Å². The number of hydrogen-bond acceptors (Lipinski definition) is 3. The minimum atomic E-state index is -0.191. The van der Waals surface area contributed by atoms with Gasteiger partial charge in [0.1, 0.15) is 0 Å². The van der Waals surface area contributed by atoms with Crippen LogP contribution < -0.4 is 14.5 Å². The molecule has 258 valence electrons. The molecule has 0 radical (unpaired) electrons. The molecule has 0 saturated carbocycles. The second-order valence-electron chi connectivity index (χ2n) is 14.6. The Labute approximate surface area is 317 Å². The van der Waals surface area contributed by atoms with E-state index in [1.807, 2.05) is 6.07 Å². The highest BCUT2D eigenvalue weighted by Crippen LogP contribution is 2.56. The summed E-state index contributed by atoms with van der Waals surface area (Å²) in [5.74, 6) is 1.67. The normalized spacial score (nSPS) is 13.3. The summed E-state index contributed by atoms with van der Waals surface area (Å²) in [5.41, 5.74) is 16.1. The third-order valence-electron chi connectivity index (χ3n) is 11.0. The number of benzene rings is 8. The van der Waals surface area contributed by atoms with Crippen LogP contribution in [0.5, 0.6) is 11.5 Å². The molecule has 8 aromatic rings. The van der Waals surface area contributed by atoms with Crippen molar-refractivity contribution in [3.63, 3.8) is 0 Å². The van der Waals surface area contributed by atoms with Gasteiger partial charge in [0.25, 0.3) is 0 Å². The highest BCUT2D eigenvalue weighted by Gasteiger charge is 2.39. The summed E-state index contributed by atoms with van der Waals surface area (Å²) in [5, 5.41) is 0. The Morgan fingerprint density at radius 2 is 1.07 bits per heavy atom. The summed E-state index contributed by atoms with van der Waals surface area (Å²) >= 11 is 0. The molecule has 1 aliphatic carbocycles. The summed E-state index contributed by atoms with van der Waals surface area (Å²) in [7, 11) is 0. The van der Waals surface area contributed by atoms with Gasteiger partial charge in [-0.2, -0.15) is 0 Å². The lowest BCUT2D eigenvalue weighted by Gasteiger charge is -2.34. The molecule has 0 spiro atoms. The summed E-state index contributed by atoms with van der Waals surface area (Å²) in [6.45, 7) is 4.72. The largest absolute Gasteiger partial charge is 0.452 e. The first kappa shape index (κ1) is 31.9. The van der Waals surface area contributed by atoms with Crippen LogP contribution in [0.4, 0.5) is 34.1 Å². The number of fused-ring (bicyclic) bond motifs is 5. The van der Waals surface area contributed by atoms with Crippen LogP contribution in [0.3, 0.4) is 0 Å². The van der Waals surface area contributed by atoms with Gasteiger partial charge in [0.15, 0.2) is 11.5 Å². The van der Waals surface area contributed by atoms with Crippen molar-refractivity contribution in [2.75, 3.05) is 9.80 Å². The Bertz CT molecular complexity index is 2660. The first-order valence-corrected chi connectivity index (χ1v) is 18.6. The molecule has 2 aliphatic rings. The van der Waals surface area contributed by atoms with Gasteiger partial charge >= 0.3 is 0 Å². The molecule has 0 saturated heterocycles. The van der Waals surface area contributed by atoms with E-state index in [9.17, 15) is 0 Å². The van der Waals surface area contributed by atoms with Crippen molar-refractivity contribution in [2.24, 2.45) is 0 Å². The Balaban J connectivity index is 1.15. The lowest BCUT2D eigenvalue weighted by atomic mass is 9.81. The van der Waals surface area contributed by atoms with Crippen molar-refractivity contribution in [1.29, 1.82) is 0 Å².